The zero-order chi connectivity index (χ0) is 14.8. The van der Waals surface area contributed by atoms with Crippen molar-refractivity contribution < 1.29 is 4.79 Å². The van der Waals surface area contributed by atoms with Gasteiger partial charge in [-0.25, -0.2) is 4.99 Å². The molecule has 0 saturated carbocycles. The number of halogens is 1. The molecule has 0 aromatic heterocycles. The van der Waals surface area contributed by atoms with Crippen LogP contribution in [0.25, 0.3) is 0 Å². The second-order valence-corrected chi connectivity index (χ2v) is 4.99. The Morgan fingerprint density at radius 3 is 2.57 bits per heavy atom. The standard InChI is InChI=1S/C17H11ClN2O/c1-2-11-20-15-6-4-3-5-14(15)16(17(20)21)19-13-9-7-12(18)8-10-13/h1,3-10H,11H2. The lowest BCUT2D eigenvalue weighted by Gasteiger charge is -2.12. The molecule has 1 aliphatic rings. The molecule has 0 aliphatic carbocycles. The van der Waals surface area contributed by atoms with Gasteiger partial charge in [0.1, 0.15) is 5.71 Å². The fourth-order valence-corrected chi connectivity index (χ4v) is 2.39. The summed E-state index contributed by atoms with van der Waals surface area (Å²) in [6.45, 7) is 0.232. The minimum atomic E-state index is -0.177. The molecule has 102 valence electrons. The zero-order valence-corrected chi connectivity index (χ0v) is 11.8. The number of fused-ring (bicyclic) bond motifs is 1. The number of carbonyl (C=O) groups is 1. The van der Waals surface area contributed by atoms with E-state index in [0.29, 0.717) is 16.4 Å². The van der Waals surface area contributed by atoms with Crippen molar-refractivity contribution in [2.45, 2.75) is 0 Å². The third kappa shape index (κ3) is 2.42. The minimum absolute atomic E-state index is 0.177. The minimum Gasteiger partial charge on any atom is -0.295 e. The topological polar surface area (TPSA) is 32.7 Å². The Kier molecular flexibility index (Phi) is 3.47. The molecule has 3 nitrogen and oxygen atoms in total. The number of carbonyl (C=O) groups excluding carboxylic acids is 1. The first-order chi connectivity index (χ1) is 10.2. The summed E-state index contributed by atoms with van der Waals surface area (Å²) in [6.07, 6.45) is 5.34. The van der Waals surface area contributed by atoms with Gasteiger partial charge in [0.2, 0.25) is 0 Å². The van der Waals surface area contributed by atoms with Crippen molar-refractivity contribution in [2.24, 2.45) is 4.99 Å². The highest BCUT2D eigenvalue weighted by Crippen LogP contribution is 2.30. The van der Waals surface area contributed by atoms with E-state index >= 15 is 0 Å². The molecule has 1 aliphatic heterocycles. The van der Waals surface area contributed by atoms with Crippen LogP contribution in [0, 0.1) is 12.3 Å². The number of hydrogen-bond donors (Lipinski definition) is 0. The van der Waals surface area contributed by atoms with Crippen LogP contribution in [0.3, 0.4) is 0 Å². The molecule has 2 aromatic rings. The van der Waals surface area contributed by atoms with Gasteiger partial charge in [0.15, 0.2) is 0 Å². The summed E-state index contributed by atoms with van der Waals surface area (Å²) in [6, 6.07) is 14.5. The molecule has 0 fully saturated rings. The third-order valence-corrected chi connectivity index (χ3v) is 3.47. The number of para-hydroxylation sites is 1. The fourth-order valence-electron chi connectivity index (χ4n) is 2.26. The first-order valence-corrected chi connectivity index (χ1v) is 6.77. The predicted molar refractivity (Wildman–Crippen MR) is 85.3 cm³/mol. The van der Waals surface area contributed by atoms with Crippen LogP contribution in [0.15, 0.2) is 53.5 Å². The number of aliphatic imine (C=N–C) groups is 1. The van der Waals surface area contributed by atoms with Crippen molar-refractivity contribution in [3.63, 3.8) is 0 Å². The summed E-state index contributed by atoms with van der Waals surface area (Å²) in [4.78, 5) is 18.5. The maximum absolute atomic E-state index is 12.5. The van der Waals surface area contributed by atoms with E-state index < -0.39 is 0 Å². The molecule has 0 radical (unpaired) electrons. The smallest absolute Gasteiger partial charge is 0.278 e. The lowest BCUT2D eigenvalue weighted by Crippen LogP contribution is -2.30. The summed E-state index contributed by atoms with van der Waals surface area (Å²) in [5.74, 6) is 2.33. The largest absolute Gasteiger partial charge is 0.295 e. The normalized spacial score (nSPS) is 15.1. The average molecular weight is 295 g/mol. The molecule has 0 bridgehead atoms. The quantitative estimate of drug-likeness (QED) is 0.781. The highest BCUT2D eigenvalue weighted by molar-refractivity contribution is 6.54. The summed E-state index contributed by atoms with van der Waals surface area (Å²) >= 11 is 5.86. The predicted octanol–water partition coefficient (Wildman–Crippen LogP) is 3.44. The van der Waals surface area contributed by atoms with Crippen molar-refractivity contribution >= 4 is 34.6 Å². The molecule has 3 rings (SSSR count). The average Bonchev–Trinajstić information content (AvgIpc) is 2.76. The number of rotatable bonds is 2. The van der Waals surface area contributed by atoms with E-state index in [-0.39, 0.29) is 12.5 Å². The Hall–Kier alpha value is -2.57. The monoisotopic (exact) mass is 294 g/mol. The van der Waals surface area contributed by atoms with Gasteiger partial charge in [0.25, 0.3) is 5.91 Å². The number of nitrogens with zero attached hydrogens (tertiary/aromatic N) is 2. The van der Waals surface area contributed by atoms with Crippen molar-refractivity contribution in [1.82, 2.24) is 0 Å². The van der Waals surface area contributed by atoms with Gasteiger partial charge < -0.3 is 0 Å². The van der Waals surface area contributed by atoms with E-state index in [1.165, 1.54) is 0 Å². The number of benzene rings is 2. The molecule has 2 aromatic carbocycles. The highest BCUT2D eigenvalue weighted by atomic mass is 35.5. The molecule has 1 amide bonds. The lowest BCUT2D eigenvalue weighted by molar-refractivity contribution is -0.112. The molecule has 0 spiro atoms. The van der Waals surface area contributed by atoms with Crippen LogP contribution in [0.1, 0.15) is 5.56 Å². The number of hydrogen-bond acceptors (Lipinski definition) is 2. The molecule has 0 unspecified atom stereocenters. The third-order valence-electron chi connectivity index (χ3n) is 3.21. The second kappa shape index (κ2) is 5.43. The maximum Gasteiger partial charge on any atom is 0.278 e. The Bertz CT molecular complexity index is 772. The summed E-state index contributed by atoms with van der Waals surface area (Å²) in [5.41, 5.74) is 2.68. The van der Waals surface area contributed by atoms with Crippen LogP contribution < -0.4 is 4.90 Å². The van der Waals surface area contributed by atoms with Crippen molar-refractivity contribution in [3.05, 3.63) is 59.1 Å². The Morgan fingerprint density at radius 2 is 1.86 bits per heavy atom. The number of anilines is 1. The lowest BCUT2D eigenvalue weighted by atomic mass is 10.1. The van der Waals surface area contributed by atoms with Crippen molar-refractivity contribution in [2.75, 3.05) is 11.4 Å². The molecular formula is C17H11ClN2O. The van der Waals surface area contributed by atoms with Crippen molar-refractivity contribution in [3.8, 4) is 12.3 Å². The fraction of sp³-hybridized carbons (Fsp3) is 0.0588. The van der Waals surface area contributed by atoms with E-state index in [9.17, 15) is 4.79 Å². The van der Waals surface area contributed by atoms with E-state index in [1.807, 2.05) is 24.3 Å². The van der Waals surface area contributed by atoms with E-state index in [0.717, 1.165) is 11.3 Å². The van der Waals surface area contributed by atoms with Gasteiger partial charge in [-0.1, -0.05) is 35.7 Å². The van der Waals surface area contributed by atoms with Gasteiger partial charge in [0.05, 0.1) is 17.9 Å². The number of terminal acetylenes is 1. The summed E-state index contributed by atoms with van der Waals surface area (Å²) in [7, 11) is 0. The molecule has 0 atom stereocenters. The van der Waals surface area contributed by atoms with Crippen LogP contribution >= 0.6 is 11.6 Å². The van der Waals surface area contributed by atoms with Gasteiger partial charge in [0, 0.05) is 10.6 Å². The van der Waals surface area contributed by atoms with Crippen LogP contribution in [0.2, 0.25) is 5.02 Å². The van der Waals surface area contributed by atoms with Gasteiger partial charge in [-0.3, -0.25) is 9.69 Å². The molecular weight excluding hydrogens is 284 g/mol. The van der Waals surface area contributed by atoms with Gasteiger partial charge >= 0.3 is 0 Å². The molecule has 1 heterocycles. The maximum atomic E-state index is 12.5. The van der Waals surface area contributed by atoms with Gasteiger partial charge in [-0.05, 0) is 30.3 Å². The Labute approximate surface area is 127 Å². The van der Waals surface area contributed by atoms with Crippen LogP contribution in [0.4, 0.5) is 11.4 Å². The molecule has 0 N–H and O–H groups in total. The van der Waals surface area contributed by atoms with Crippen LogP contribution in [0.5, 0.6) is 0 Å². The van der Waals surface area contributed by atoms with Crippen LogP contribution in [-0.2, 0) is 4.79 Å². The summed E-state index contributed by atoms with van der Waals surface area (Å²) in [5, 5.41) is 0.631. The Balaban J connectivity index is 2.09. The Morgan fingerprint density at radius 1 is 1.14 bits per heavy atom. The first kappa shape index (κ1) is 13.4. The SMILES string of the molecule is C#CCN1C(=O)C(=Nc2ccc(Cl)cc2)c2ccccc21. The van der Waals surface area contributed by atoms with Gasteiger partial charge in [-0.2, -0.15) is 0 Å². The molecule has 0 saturated heterocycles. The van der Waals surface area contributed by atoms with Gasteiger partial charge in [-0.15, -0.1) is 6.42 Å². The van der Waals surface area contributed by atoms with E-state index in [2.05, 4.69) is 10.9 Å². The van der Waals surface area contributed by atoms with E-state index in [4.69, 9.17) is 18.0 Å². The first-order valence-electron chi connectivity index (χ1n) is 6.39. The highest BCUT2D eigenvalue weighted by Gasteiger charge is 2.32. The van der Waals surface area contributed by atoms with Crippen LogP contribution in [-0.4, -0.2) is 18.2 Å². The second-order valence-electron chi connectivity index (χ2n) is 4.55. The summed E-state index contributed by atoms with van der Waals surface area (Å²) < 4.78 is 0. The zero-order valence-electron chi connectivity index (χ0n) is 11.1. The molecule has 4 heteroatoms. The van der Waals surface area contributed by atoms with Crippen molar-refractivity contribution in [1.29, 1.82) is 0 Å². The number of amides is 1. The van der Waals surface area contributed by atoms with E-state index in [1.54, 1.807) is 29.2 Å². The molecule has 21 heavy (non-hydrogen) atoms.